The third kappa shape index (κ3) is 38.8. The molecule has 0 heterocycles. The van der Waals surface area contributed by atoms with E-state index in [0.717, 1.165) is 74.9 Å². The highest BCUT2D eigenvalue weighted by Crippen LogP contribution is 2.17. The Balaban J connectivity index is 4.96. The van der Waals surface area contributed by atoms with Gasteiger partial charge in [-0.1, -0.05) is 205 Å². The summed E-state index contributed by atoms with van der Waals surface area (Å²) < 4.78 is 0. The maximum atomic E-state index is 12.8. The average molecular weight is 875 g/mol. The molecule has 0 aliphatic heterocycles. The van der Waals surface area contributed by atoms with E-state index in [1.54, 1.807) is 0 Å². The normalized spacial score (nSPS) is 13.9. The Bertz CT molecular complexity index is 930. The minimum absolute atomic E-state index is 0.344. The molecule has 4 unspecified atom stereocenters. The van der Waals surface area contributed by atoms with Gasteiger partial charge in [-0.3, -0.25) is 24.2 Å². The van der Waals surface area contributed by atoms with Crippen molar-refractivity contribution in [1.29, 1.82) is 0 Å². The molecule has 0 saturated heterocycles. The van der Waals surface area contributed by atoms with Gasteiger partial charge in [0.05, 0.1) is 30.8 Å². The summed E-state index contributed by atoms with van der Waals surface area (Å²) >= 11 is 1.95. The smallest absolute Gasteiger partial charge is 0.255 e. The number of hydrogen-bond acceptors (Lipinski definition) is 11. The Kier molecular flexibility index (Phi) is 42.4. The molecule has 0 spiro atoms. The van der Waals surface area contributed by atoms with Crippen LogP contribution in [0.1, 0.15) is 214 Å². The predicted octanol–water partition coefficient (Wildman–Crippen LogP) is 10.5. The summed E-state index contributed by atoms with van der Waals surface area (Å²) in [6.45, 7) is 11.5. The van der Waals surface area contributed by atoms with Gasteiger partial charge in [0, 0.05) is 50.8 Å². The number of rotatable bonds is 45. The van der Waals surface area contributed by atoms with E-state index in [1.807, 2.05) is 9.80 Å². The number of carbonyl (C=O) groups excluding carboxylic acids is 3. The molecule has 0 aromatic carbocycles. The zero-order valence-electron chi connectivity index (χ0n) is 38.7. The van der Waals surface area contributed by atoms with Crippen molar-refractivity contribution in [3.05, 3.63) is 0 Å². The fourth-order valence-electron chi connectivity index (χ4n) is 7.60. The molecular formula is C48H94N2O7S2. The van der Waals surface area contributed by atoms with Crippen molar-refractivity contribution in [3.63, 3.8) is 0 Å². The fraction of sp³-hybridized carbons (Fsp3) is 0.938. The fourth-order valence-corrected chi connectivity index (χ4v) is 9.18. The highest BCUT2D eigenvalue weighted by molar-refractivity contribution is 8.15. The molecular weight excluding hydrogens is 781 g/mol. The van der Waals surface area contributed by atoms with Crippen molar-refractivity contribution in [2.75, 3.05) is 50.8 Å². The standard InChI is InChI=1S/C48H94N2O7S2/c1-5-9-13-17-21-25-29-42(51)38-49(39-43(52)30-26-22-18-14-10-6-2)33-35-58-47(56)37-46(55)48(57)59-36-34-50(40-44(53)31-27-23-19-15-11-7-3)41-45(54)32-28-24-20-16-12-8-4/h42-45,51-54H,5-41H2,1-4H3. The lowest BCUT2D eigenvalue weighted by molar-refractivity contribution is -0.133. The van der Waals surface area contributed by atoms with Gasteiger partial charge in [0.25, 0.3) is 5.12 Å². The lowest BCUT2D eigenvalue weighted by atomic mass is 10.1. The second-order valence-corrected chi connectivity index (χ2v) is 19.5. The summed E-state index contributed by atoms with van der Waals surface area (Å²) in [7, 11) is 0. The minimum atomic E-state index is -0.703. The topological polar surface area (TPSA) is 139 Å². The lowest BCUT2D eigenvalue weighted by Gasteiger charge is -2.27. The van der Waals surface area contributed by atoms with Crippen LogP contribution in [0, 0.1) is 0 Å². The number of hydrogen-bond donors (Lipinski definition) is 4. The molecule has 350 valence electrons. The molecule has 0 saturated carbocycles. The lowest BCUT2D eigenvalue weighted by Crippen LogP contribution is -2.39. The molecule has 59 heavy (non-hydrogen) atoms. The Morgan fingerprint density at radius 2 is 0.678 bits per heavy atom. The van der Waals surface area contributed by atoms with Crippen LogP contribution in [0.4, 0.5) is 0 Å². The summed E-state index contributed by atoms with van der Waals surface area (Å²) in [6.07, 6.45) is 28.1. The first kappa shape index (κ1) is 58.5. The van der Waals surface area contributed by atoms with Crippen molar-refractivity contribution >= 4 is 39.5 Å². The summed E-state index contributed by atoms with van der Waals surface area (Å²) in [5.74, 6) is 0.0555. The van der Waals surface area contributed by atoms with Gasteiger partial charge in [0.2, 0.25) is 5.78 Å². The maximum Gasteiger partial charge on any atom is 0.255 e. The molecule has 0 aromatic rings. The van der Waals surface area contributed by atoms with Crippen molar-refractivity contribution in [3.8, 4) is 0 Å². The number of ketones is 1. The SMILES string of the molecule is CCCCCCCCC(O)CN(CCSC(=O)CC(=O)C(=O)SCCN(CC(O)CCCCCCCC)CC(O)CCCCCCCC)CC(O)CCCCCCCC. The molecule has 4 N–H and O–H groups in total. The predicted molar refractivity (Wildman–Crippen MR) is 253 cm³/mol. The molecule has 0 fully saturated rings. The van der Waals surface area contributed by atoms with Gasteiger partial charge >= 0.3 is 0 Å². The monoisotopic (exact) mass is 875 g/mol. The van der Waals surface area contributed by atoms with Gasteiger partial charge in [-0.05, 0) is 25.7 Å². The van der Waals surface area contributed by atoms with Gasteiger partial charge in [-0.15, -0.1) is 0 Å². The van der Waals surface area contributed by atoms with Gasteiger partial charge < -0.3 is 20.4 Å². The van der Waals surface area contributed by atoms with Gasteiger partial charge in [0.15, 0.2) is 5.12 Å². The third-order valence-corrected chi connectivity index (χ3v) is 13.0. The van der Waals surface area contributed by atoms with E-state index in [-0.39, 0.29) is 5.12 Å². The van der Waals surface area contributed by atoms with Gasteiger partial charge in [-0.2, -0.15) is 0 Å². The Hall–Kier alpha value is -0.530. The Morgan fingerprint density at radius 3 is 0.983 bits per heavy atom. The molecule has 0 radical (unpaired) electrons. The largest absolute Gasteiger partial charge is 0.392 e. The molecule has 0 rings (SSSR count). The number of aliphatic hydroxyl groups is 4. The van der Waals surface area contributed by atoms with E-state index in [9.17, 15) is 34.8 Å². The molecule has 0 amide bonds. The summed E-state index contributed by atoms with van der Waals surface area (Å²) in [5, 5.41) is 42.4. The first-order valence-corrected chi connectivity index (χ1v) is 26.6. The number of Topliss-reactive ketones (excluding diaryl/α,β-unsaturated/α-hetero) is 1. The molecule has 0 aliphatic rings. The number of carbonyl (C=O) groups is 3. The number of nitrogens with zero attached hydrogens (tertiary/aromatic N) is 2. The summed E-state index contributed by atoms with van der Waals surface area (Å²) in [5.41, 5.74) is 0. The van der Waals surface area contributed by atoms with Crippen molar-refractivity contribution in [2.24, 2.45) is 0 Å². The number of unbranched alkanes of at least 4 members (excludes halogenated alkanes) is 20. The maximum absolute atomic E-state index is 12.8. The van der Waals surface area contributed by atoms with E-state index >= 15 is 0 Å². The summed E-state index contributed by atoms with van der Waals surface area (Å²) in [6, 6.07) is 0. The molecule has 0 aromatic heterocycles. The quantitative estimate of drug-likeness (QED) is 0.0264. The van der Waals surface area contributed by atoms with E-state index in [2.05, 4.69) is 27.7 Å². The highest BCUT2D eigenvalue weighted by Gasteiger charge is 2.22. The van der Waals surface area contributed by atoms with Gasteiger partial charge in [-0.25, -0.2) is 0 Å². The van der Waals surface area contributed by atoms with E-state index in [0.29, 0.717) is 76.5 Å². The number of aliphatic hydroxyl groups excluding tert-OH is 4. The minimum Gasteiger partial charge on any atom is -0.392 e. The van der Waals surface area contributed by atoms with Crippen molar-refractivity contribution in [1.82, 2.24) is 9.80 Å². The van der Waals surface area contributed by atoms with Gasteiger partial charge in [0.1, 0.15) is 0 Å². The Morgan fingerprint density at radius 1 is 0.407 bits per heavy atom. The van der Waals surface area contributed by atoms with Crippen LogP contribution in [0.3, 0.4) is 0 Å². The zero-order valence-corrected chi connectivity index (χ0v) is 40.3. The van der Waals surface area contributed by atoms with E-state index < -0.39 is 41.7 Å². The first-order chi connectivity index (χ1) is 28.6. The van der Waals surface area contributed by atoms with Crippen LogP contribution in [-0.4, -0.2) is 121 Å². The van der Waals surface area contributed by atoms with Crippen LogP contribution < -0.4 is 0 Å². The molecule has 0 aliphatic carbocycles. The molecule has 4 atom stereocenters. The van der Waals surface area contributed by atoms with Crippen LogP contribution in [-0.2, 0) is 14.4 Å². The van der Waals surface area contributed by atoms with Crippen LogP contribution in [0.2, 0.25) is 0 Å². The first-order valence-electron chi connectivity index (χ1n) is 24.6. The molecule has 0 bridgehead atoms. The van der Waals surface area contributed by atoms with Crippen molar-refractivity contribution < 1.29 is 34.8 Å². The molecule has 9 nitrogen and oxygen atoms in total. The molecule has 11 heteroatoms. The second kappa shape index (κ2) is 42.8. The van der Waals surface area contributed by atoms with Crippen molar-refractivity contribution in [2.45, 2.75) is 238 Å². The van der Waals surface area contributed by atoms with Crippen LogP contribution >= 0.6 is 23.5 Å². The zero-order chi connectivity index (χ0) is 43.8. The number of thioether (sulfide) groups is 2. The second-order valence-electron chi connectivity index (χ2n) is 17.3. The van der Waals surface area contributed by atoms with Crippen LogP contribution in [0.15, 0.2) is 0 Å². The van der Waals surface area contributed by atoms with E-state index in [4.69, 9.17) is 0 Å². The van der Waals surface area contributed by atoms with Crippen LogP contribution in [0.5, 0.6) is 0 Å². The third-order valence-electron chi connectivity index (χ3n) is 11.3. The Labute approximate surface area is 371 Å². The average Bonchev–Trinajstić information content (AvgIpc) is 3.19. The highest BCUT2D eigenvalue weighted by atomic mass is 32.2. The van der Waals surface area contributed by atoms with Crippen LogP contribution in [0.25, 0.3) is 0 Å². The van der Waals surface area contributed by atoms with E-state index in [1.165, 1.54) is 103 Å². The summed E-state index contributed by atoms with van der Waals surface area (Å²) in [4.78, 5) is 42.5.